The third kappa shape index (κ3) is 5.10. The quantitative estimate of drug-likeness (QED) is 0.379. The first-order valence-corrected chi connectivity index (χ1v) is 14.5. The van der Waals surface area contributed by atoms with Crippen LogP contribution < -0.4 is 10.2 Å². The minimum atomic E-state index is -3.83. The Balaban J connectivity index is 1.46. The summed E-state index contributed by atoms with van der Waals surface area (Å²) >= 11 is 0. The molecule has 10 nitrogen and oxygen atoms in total. The molecule has 0 spiro atoms. The maximum atomic E-state index is 15.8. The van der Waals surface area contributed by atoms with Gasteiger partial charge >= 0.3 is 5.97 Å². The van der Waals surface area contributed by atoms with E-state index in [9.17, 15) is 18.3 Å². The molecule has 0 saturated carbocycles. The lowest BCUT2D eigenvalue weighted by molar-refractivity contribution is -0.152. The molecule has 0 amide bonds. The molecule has 4 heterocycles. The second-order valence-corrected chi connectivity index (χ2v) is 12.5. The number of piperidine rings is 1. The molecule has 2 aliphatic heterocycles. The molecular weight excluding hydrogens is 523 g/mol. The zero-order valence-corrected chi connectivity index (χ0v) is 23.1. The molecule has 208 valence electrons. The van der Waals surface area contributed by atoms with Gasteiger partial charge in [-0.15, -0.1) is 0 Å². The normalized spacial score (nSPS) is 21.9. The van der Waals surface area contributed by atoms with Gasteiger partial charge in [-0.2, -0.15) is 9.40 Å². The molecule has 0 bridgehead atoms. The molecule has 3 aromatic rings. The number of hydrogen-bond donors (Lipinski definition) is 3. The van der Waals surface area contributed by atoms with Gasteiger partial charge in [0, 0.05) is 49.9 Å². The van der Waals surface area contributed by atoms with E-state index in [-0.39, 0.29) is 36.4 Å². The summed E-state index contributed by atoms with van der Waals surface area (Å²) in [5.41, 5.74) is 0.502. The van der Waals surface area contributed by atoms with Crippen LogP contribution >= 0.6 is 0 Å². The lowest BCUT2D eigenvalue weighted by atomic mass is 9.73. The topological polar surface area (TPSA) is 132 Å². The second-order valence-electron chi connectivity index (χ2n) is 10.6. The first-order chi connectivity index (χ1) is 18.5. The number of aliphatic carboxylic acids is 1. The maximum Gasteiger partial charge on any atom is 0.310 e. The lowest BCUT2D eigenvalue weighted by Gasteiger charge is -2.42. The first kappa shape index (κ1) is 27.1. The van der Waals surface area contributed by atoms with Crippen molar-refractivity contribution in [1.82, 2.24) is 19.5 Å². The van der Waals surface area contributed by atoms with Gasteiger partial charge in [0.05, 0.1) is 21.7 Å². The number of rotatable bonds is 8. The van der Waals surface area contributed by atoms with Gasteiger partial charge in [-0.1, -0.05) is 18.2 Å². The molecule has 3 N–H and O–H groups in total. The number of aryl methyl sites for hydroxylation is 2. The number of carboxylic acids is 1. The van der Waals surface area contributed by atoms with Crippen molar-refractivity contribution < 1.29 is 22.7 Å². The molecule has 0 radical (unpaired) electrons. The van der Waals surface area contributed by atoms with Gasteiger partial charge < -0.3 is 15.3 Å². The van der Waals surface area contributed by atoms with Gasteiger partial charge in [0.15, 0.2) is 11.6 Å². The Morgan fingerprint density at radius 2 is 1.95 bits per heavy atom. The van der Waals surface area contributed by atoms with E-state index in [2.05, 4.69) is 20.5 Å². The van der Waals surface area contributed by atoms with Crippen molar-refractivity contribution in [3.05, 3.63) is 59.2 Å². The van der Waals surface area contributed by atoms with Crippen molar-refractivity contribution in [2.24, 2.45) is 5.41 Å². The van der Waals surface area contributed by atoms with Gasteiger partial charge in [-0.3, -0.25) is 9.89 Å². The summed E-state index contributed by atoms with van der Waals surface area (Å²) in [4.78, 5) is 19.3. The van der Waals surface area contributed by atoms with Crippen molar-refractivity contribution in [2.75, 3.05) is 29.9 Å². The summed E-state index contributed by atoms with van der Waals surface area (Å²) in [6.45, 7) is 6.71. The standard InChI is InChI=1S/C27H33FN6O4S/c1-17-7-4-5-8-22(17)39(37,38)34-12-9-27(26(35)36,15-19(34)3)16-20-25(28)21(33-10-6-11-33)14-23(29-20)30-24-13-18(2)31-32-24/h4-5,7-8,13-14,19H,6,9-12,15-16H2,1-3H3,(H,35,36)(H2,29,30,31,32)/t19-,27-/m1/s1. The maximum absolute atomic E-state index is 15.8. The molecule has 0 aliphatic carbocycles. The highest BCUT2D eigenvalue weighted by Gasteiger charge is 2.48. The number of aromatic nitrogens is 3. The van der Waals surface area contributed by atoms with E-state index >= 15 is 4.39 Å². The number of hydrogen-bond acceptors (Lipinski definition) is 7. The summed E-state index contributed by atoms with van der Waals surface area (Å²) in [6.07, 6.45) is 0.852. The molecule has 0 unspecified atom stereocenters. The number of carboxylic acid groups (broad SMARTS) is 1. The van der Waals surface area contributed by atoms with Crippen molar-refractivity contribution in [1.29, 1.82) is 0 Å². The van der Waals surface area contributed by atoms with E-state index in [1.54, 1.807) is 50.2 Å². The summed E-state index contributed by atoms with van der Waals surface area (Å²) < 4.78 is 44.1. The van der Waals surface area contributed by atoms with Crippen LogP contribution in [0.5, 0.6) is 0 Å². The Hall–Kier alpha value is -3.51. The van der Waals surface area contributed by atoms with Crippen LogP contribution in [0, 0.1) is 25.1 Å². The van der Waals surface area contributed by atoms with Gasteiger partial charge in [0.1, 0.15) is 5.82 Å². The Morgan fingerprint density at radius 1 is 1.21 bits per heavy atom. The number of H-pyrrole nitrogens is 1. The van der Waals surface area contributed by atoms with Gasteiger partial charge in [-0.25, -0.2) is 17.8 Å². The average Bonchev–Trinajstić information content (AvgIpc) is 3.25. The van der Waals surface area contributed by atoms with Crippen molar-refractivity contribution in [2.45, 2.75) is 57.4 Å². The highest BCUT2D eigenvalue weighted by atomic mass is 32.2. The van der Waals surface area contributed by atoms with Crippen LogP contribution in [-0.2, 0) is 21.2 Å². The zero-order chi connectivity index (χ0) is 27.9. The number of nitrogens with one attached hydrogen (secondary N) is 2. The fourth-order valence-corrected chi connectivity index (χ4v) is 7.40. The Bertz CT molecular complexity index is 1510. The van der Waals surface area contributed by atoms with Crippen LogP contribution in [0.1, 0.15) is 43.1 Å². The number of benzene rings is 1. The summed E-state index contributed by atoms with van der Waals surface area (Å²) in [5.74, 6) is -0.742. The number of anilines is 3. The predicted molar refractivity (Wildman–Crippen MR) is 145 cm³/mol. The molecule has 12 heteroatoms. The third-order valence-corrected chi connectivity index (χ3v) is 9.97. The Kier molecular flexibility index (Phi) is 7.10. The molecule has 2 fully saturated rings. The lowest BCUT2D eigenvalue weighted by Crippen LogP contribution is -2.52. The first-order valence-electron chi connectivity index (χ1n) is 13.0. The number of halogens is 1. The molecule has 2 atom stereocenters. The van der Waals surface area contributed by atoms with Gasteiger partial charge in [-0.05, 0) is 51.7 Å². The summed E-state index contributed by atoms with van der Waals surface area (Å²) in [7, 11) is -3.83. The monoisotopic (exact) mass is 556 g/mol. The number of sulfonamides is 1. The van der Waals surface area contributed by atoms with Crippen molar-refractivity contribution in [3.63, 3.8) is 0 Å². The Labute approximate surface area is 227 Å². The largest absolute Gasteiger partial charge is 0.481 e. The fourth-order valence-electron chi connectivity index (χ4n) is 5.54. The van der Waals surface area contributed by atoms with E-state index < -0.39 is 33.3 Å². The number of pyridine rings is 1. The van der Waals surface area contributed by atoms with Crippen LogP contribution in [-0.4, -0.2) is 64.7 Å². The van der Waals surface area contributed by atoms with E-state index in [4.69, 9.17) is 0 Å². The van der Waals surface area contributed by atoms with Crippen molar-refractivity contribution in [3.8, 4) is 0 Å². The third-order valence-electron chi connectivity index (χ3n) is 7.79. The van der Waals surface area contributed by atoms with Gasteiger partial charge in [0.2, 0.25) is 10.0 Å². The van der Waals surface area contributed by atoms with E-state index in [0.29, 0.717) is 36.0 Å². The number of nitrogens with zero attached hydrogens (tertiary/aromatic N) is 4. The van der Waals surface area contributed by atoms with E-state index in [0.717, 1.165) is 12.1 Å². The summed E-state index contributed by atoms with van der Waals surface area (Å²) in [5, 5.41) is 20.5. The molecule has 5 rings (SSSR count). The highest BCUT2D eigenvalue weighted by molar-refractivity contribution is 7.89. The molecular formula is C27H33FN6O4S. The van der Waals surface area contributed by atoms with Crippen LogP contribution in [0.2, 0.25) is 0 Å². The zero-order valence-electron chi connectivity index (χ0n) is 22.2. The highest BCUT2D eigenvalue weighted by Crippen LogP contribution is 2.42. The predicted octanol–water partition coefficient (Wildman–Crippen LogP) is 4.00. The molecule has 1 aromatic carbocycles. The van der Waals surface area contributed by atoms with Crippen LogP contribution in [0.15, 0.2) is 41.3 Å². The fraction of sp³-hybridized carbons (Fsp3) is 0.444. The second kappa shape index (κ2) is 10.2. The average molecular weight is 557 g/mol. The smallest absolute Gasteiger partial charge is 0.310 e. The van der Waals surface area contributed by atoms with Crippen LogP contribution in [0.3, 0.4) is 0 Å². The Morgan fingerprint density at radius 3 is 2.54 bits per heavy atom. The molecule has 39 heavy (non-hydrogen) atoms. The number of carbonyl (C=O) groups is 1. The summed E-state index contributed by atoms with van der Waals surface area (Å²) in [6, 6.07) is 9.55. The number of aromatic amines is 1. The minimum absolute atomic E-state index is 0.00915. The molecule has 2 aliphatic rings. The van der Waals surface area contributed by atoms with Gasteiger partial charge in [0.25, 0.3) is 0 Å². The van der Waals surface area contributed by atoms with Crippen LogP contribution in [0.4, 0.5) is 21.7 Å². The van der Waals surface area contributed by atoms with Crippen molar-refractivity contribution >= 4 is 33.3 Å². The van der Waals surface area contributed by atoms with Crippen LogP contribution in [0.25, 0.3) is 0 Å². The molecule has 2 saturated heterocycles. The minimum Gasteiger partial charge on any atom is -0.481 e. The molecule has 2 aromatic heterocycles. The van der Waals surface area contributed by atoms with E-state index in [1.165, 1.54) is 4.31 Å². The van der Waals surface area contributed by atoms with E-state index in [1.807, 2.05) is 11.8 Å². The SMILES string of the molecule is Cc1cc(Nc2cc(N3CCC3)c(F)c(C[C@@]3(C(=O)O)CCN(S(=O)(=O)c4ccccc4C)[C@H](C)C3)n2)n[nH]1.